The Morgan fingerprint density at radius 3 is 1.70 bits per heavy atom. The van der Waals surface area contributed by atoms with Crippen molar-refractivity contribution in [1.29, 1.82) is 0 Å². The van der Waals surface area contributed by atoms with E-state index in [0.29, 0.717) is 33.8 Å². The number of nitrogens with zero attached hydrogens (tertiary/aromatic N) is 1. The first kappa shape index (κ1) is 55.5. The molecule has 4 bridgehead atoms. The summed E-state index contributed by atoms with van der Waals surface area (Å²) in [6.45, 7) is 24.2. The van der Waals surface area contributed by atoms with E-state index in [1.54, 1.807) is 84.9 Å². The number of likely N-dealkylation sites (N-methyl/N-ethyl adjacent to an activating group) is 1. The lowest BCUT2D eigenvalue weighted by Crippen LogP contribution is -2.49. The van der Waals surface area contributed by atoms with Crippen LogP contribution in [0.2, 0.25) is 0 Å². The average molecular weight is 860 g/mol. The van der Waals surface area contributed by atoms with Crippen LogP contribution in [0.1, 0.15) is 120 Å². The molecule has 0 aromatic heterocycles. The summed E-state index contributed by atoms with van der Waals surface area (Å²) < 4.78 is 28.0. The topological polar surface area (TPSA) is 200 Å². The smallest absolute Gasteiger partial charge is 0.407 e. The predicted molar refractivity (Wildman–Crippen MR) is 236 cm³/mol. The molecule has 3 rings (SSSR count). The number of carbonyl (C=O) groups is 6. The standard InChI is InChI=1S/C38H53N5O11.C3H8.2C2H6/c1-10-31(45)43(8)32-24-12-14-29(52-18-16-40-36(49)54-38(5,6)7)26(21-24)25-19-23(20-27(34(47)50-9)42-30(44)22-41-33(32)46)11-13-28(25)51-17-15-39-35(48)53-37(2,3)4;1-3-2;2*1-2/h11-14,19,21,27,32H,10,15-18,20,22H2,1-9H3,(H,39,48)(H,40,49)(H,41,46)(H,42,44);3H2,1-2H3;2*1-2H3. The maximum absolute atomic E-state index is 13.8. The van der Waals surface area contributed by atoms with Crippen molar-refractivity contribution in [2.24, 2.45) is 0 Å². The monoisotopic (exact) mass is 860 g/mol. The molecule has 2 unspecified atom stereocenters. The number of benzene rings is 2. The Hall–Kier alpha value is -5.54. The van der Waals surface area contributed by atoms with Crippen LogP contribution in [0.3, 0.4) is 0 Å². The molecule has 0 spiro atoms. The summed E-state index contributed by atoms with van der Waals surface area (Å²) in [4.78, 5) is 78.4. The van der Waals surface area contributed by atoms with E-state index >= 15 is 0 Å². The lowest BCUT2D eigenvalue weighted by molar-refractivity contribution is -0.145. The van der Waals surface area contributed by atoms with E-state index in [-0.39, 0.29) is 45.1 Å². The molecule has 16 nitrogen and oxygen atoms in total. The van der Waals surface area contributed by atoms with E-state index in [1.165, 1.54) is 25.5 Å². The summed E-state index contributed by atoms with van der Waals surface area (Å²) in [6, 6.07) is 7.84. The molecule has 0 saturated heterocycles. The highest BCUT2D eigenvalue weighted by Crippen LogP contribution is 2.40. The zero-order valence-corrected chi connectivity index (χ0v) is 39.2. The Labute approximate surface area is 363 Å². The van der Waals surface area contributed by atoms with Crippen LogP contribution in [0.4, 0.5) is 9.59 Å². The van der Waals surface area contributed by atoms with Gasteiger partial charge >= 0.3 is 18.2 Å². The van der Waals surface area contributed by atoms with Crippen molar-refractivity contribution in [3.8, 4) is 22.6 Å². The number of ether oxygens (including phenoxy) is 5. The molecule has 1 heterocycles. The minimum absolute atomic E-state index is 0.0197. The molecule has 2 aromatic carbocycles. The van der Waals surface area contributed by atoms with Gasteiger partial charge in [-0.05, 0) is 76.9 Å². The van der Waals surface area contributed by atoms with Gasteiger partial charge < -0.3 is 49.9 Å². The summed E-state index contributed by atoms with van der Waals surface area (Å²) in [5.41, 5.74) is 0.551. The Bertz CT molecular complexity index is 1700. The molecule has 61 heavy (non-hydrogen) atoms. The lowest BCUT2D eigenvalue weighted by atomic mass is 9.94. The van der Waals surface area contributed by atoms with Crippen LogP contribution in [-0.2, 0) is 39.8 Å². The van der Waals surface area contributed by atoms with Gasteiger partial charge in [-0.2, -0.15) is 0 Å². The Morgan fingerprint density at radius 1 is 0.770 bits per heavy atom. The predicted octanol–water partition coefficient (Wildman–Crippen LogP) is 6.87. The van der Waals surface area contributed by atoms with E-state index in [1.807, 2.05) is 27.7 Å². The van der Waals surface area contributed by atoms with Gasteiger partial charge in [0.1, 0.15) is 48.0 Å². The van der Waals surface area contributed by atoms with Gasteiger partial charge in [-0.1, -0.05) is 67.0 Å². The molecule has 16 heteroatoms. The van der Waals surface area contributed by atoms with Gasteiger partial charge in [0.15, 0.2) is 0 Å². The highest BCUT2D eigenvalue weighted by Gasteiger charge is 2.31. The quantitative estimate of drug-likeness (QED) is 0.104. The van der Waals surface area contributed by atoms with E-state index in [9.17, 15) is 28.8 Å². The number of methoxy groups -OCH3 is 1. The number of hydrogen-bond acceptors (Lipinski definition) is 11. The number of carbonyl (C=O) groups excluding carboxylic acids is 6. The second-order valence-corrected chi connectivity index (χ2v) is 15.2. The van der Waals surface area contributed by atoms with Crippen molar-refractivity contribution >= 4 is 35.9 Å². The summed E-state index contributed by atoms with van der Waals surface area (Å²) >= 11 is 0. The molecule has 344 valence electrons. The first-order valence-electron chi connectivity index (χ1n) is 21.1. The molecular weight excluding hydrogens is 787 g/mol. The fourth-order valence-electron chi connectivity index (χ4n) is 5.38. The highest BCUT2D eigenvalue weighted by molar-refractivity contribution is 5.93. The lowest BCUT2D eigenvalue weighted by Gasteiger charge is -2.29. The maximum atomic E-state index is 13.8. The van der Waals surface area contributed by atoms with Crippen LogP contribution in [0.15, 0.2) is 36.4 Å². The molecular formula is C45H73N5O11. The van der Waals surface area contributed by atoms with Crippen LogP contribution in [-0.4, -0.2) is 105 Å². The van der Waals surface area contributed by atoms with E-state index in [2.05, 4.69) is 35.1 Å². The van der Waals surface area contributed by atoms with Crippen molar-refractivity contribution < 1.29 is 52.5 Å². The third kappa shape index (κ3) is 20.5. The van der Waals surface area contributed by atoms with Gasteiger partial charge in [-0.25, -0.2) is 14.4 Å². The number of fused-ring (bicyclic) bond motifs is 5. The second-order valence-electron chi connectivity index (χ2n) is 15.2. The van der Waals surface area contributed by atoms with Gasteiger partial charge in [0, 0.05) is 31.0 Å². The van der Waals surface area contributed by atoms with Crippen LogP contribution in [0.5, 0.6) is 11.5 Å². The summed E-state index contributed by atoms with van der Waals surface area (Å²) in [7, 11) is 2.69. The minimum atomic E-state index is -1.17. The van der Waals surface area contributed by atoms with Crippen molar-refractivity contribution in [1.82, 2.24) is 26.2 Å². The molecule has 5 amide bonds. The second kappa shape index (κ2) is 28.1. The number of nitrogens with one attached hydrogen (secondary N) is 4. The zero-order chi connectivity index (χ0) is 46.9. The molecule has 2 aromatic rings. The molecule has 2 atom stereocenters. The third-order valence-corrected chi connectivity index (χ3v) is 7.72. The first-order valence-corrected chi connectivity index (χ1v) is 21.1. The highest BCUT2D eigenvalue weighted by atomic mass is 16.6. The normalized spacial score (nSPS) is 14.7. The van der Waals surface area contributed by atoms with Crippen LogP contribution < -0.4 is 30.7 Å². The Kier molecular flexibility index (Phi) is 25.5. The fourth-order valence-corrected chi connectivity index (χ4v) is 5.38. The molecule has 0 radical (unpaired) electrons. The molecule has 4 N–H and O–H groups in total. The van der Waals surface area contributed by atoms with Crippen molar-refractivity contribution in [3.63, 3.8) is 0 Å². The van der Waals surface area contributed by atoms with Gasteiger partial charge in [0.2, 0.25) is 17.7 Å². The Morgan fingerprint density at radius 2 is 1.25 bits per heavy atom. The number of rotatable bonds is 11. The first-order chi connectivity index (χ1) is 28.7. The third-order valence-electron chi connectivity index (χ3n) is 7.72. The van der Waals surface area contributed by atoms with Crippen LogP contribution in [0.25, 0.3) is 11.1 Å². The summed E-state index contributed by atoms with van der Waals surface area (Å²) in [5.74, 6) is -1.62. The van der Waals surface area contributed by atoms with Crippen LogP contribution >= 0.6 is 0 Å². The molecule has 0 aliphatic carbocycles. The molecule has 1 aliphatic rings. The maximum Gasteiger partial charge on any atom is 0.407 e. The fraction of sp³-hybridized carbons (Fsp3) is 0.600. The van der Waals surface area contributed by atoms with E-state index < -0.39 is 59.8 Å². The largest absolute Gasteiger partial charge is 0.491 e. The molecule has 0 fully saturated rings. The van der Waals surface area contributed by atoms with Crippen LogP contribution in [0, 0.1) is 0 Å². The number of amides is 5. The number of esters is 1. The van der Waals surface area contributed by atoms with Gasteiger partial charge in [0.05, 0.1) is 26.7 Å². The zero-order valence-electron chi connectivity index (χ0n) is 39.2. The van der Waals surface area contributed by atoms with Gasteiger partial charge in [0.25, 0.3) is 0 Å². The van der Waals surface area contributed by atoms with Crippen molar-refractivity contribution in [3.05, 3.63) is 47.5 Å². The summed E-state index contributed by atoms with van der Waals surface area (Å²) in [6.07, 6.45) is 0.150. The van der Waals surface area contributed by atoms with Crippen molar-refractivity contribution in [2.45, 2.75) is 133 Å². The number of alkyl carbamates (subject to hydrolysis) is 2. The molecule has 1 aliphatic heterocycles. The van der Waals surface area contributed by atoms with E-state index in [0.717, 1.165) is 0 Å². The van der Waals surface area contributed by atoms with E-state index in [4.69, 9.17) is 23.7 Å². The van der Waals surface area contributed by atoms with Gasteiger partial charge in [-0.3, -0.25) is 14.4 Å². The molecule has 0 saturated carbocycles. The SMILES string of the molecule is CC.CC.CCC.CCC(=O)N(C)C1C(=O)NCC(=O)NC(C(=O)OC)Cc2ccc(OCCNC(=O)OC(C)(C)C)c(c2)-c2cc1ccc2OCCNC(=O)OC(C)(C)C. The Balaban J connectivity index is 0.00000484. The number of hydrogen-bond donors (Lipinski definition) is 4. The van der Waals surface area contributed by atoms with Crippen molar-refractivity contribution in [2.75, 3.05) is 47.0 Å². The average Bonchev–Trinajstić information content (AvgIpc) is 3.20. The van der Waals surface area contributed by atoms with Gasteiger partial charge in [-0.15, -0.1) is 0 Å². The minimum Gasteiger partial charge on any atom is -0.491 e. The summed E-state index contributed by atoms with van der Waals surface area (Å²) in [5, 5.41) is 10.5.